The van der Waals surface area contributed by atoms with Crippen LogP contribution in [-0.2, 0) is 9.59 Å². The Morgan fingerprint density at radius 1 is 0.867 bits per heavy atom. The standard InChI is InChI=1S/C23H27N3O4/c1-3-30-20-10-6-18(7-11-20)26-22(27)16-21(23(26)28)25-14-12-24(13-15-25)17-4-8-19(29-2)9-5-17/h4-11,21H,3,12-16H2,1-2H3. The van der Waals surface area contributed by atoms with Gasteiger partial charge in [-0.05, 0) is 55.5 Å². The molecule has 7 heteroatoms. The molecule has 2 fully saturated rings. The van der Waals surface area contributed by atoms with E-state index in [1.54, 1.807) is 31.4 Å². The fourth-order valence-electron chi connectivity index (χ4n) is 4.12. The summed E-state index contributed by atoms with van der Waals surface area (Å²) in [7, 11) is 1.66. The molecule has 0 aromatic heterocycles. The number of methoxy groups -OCH3 is 1. The van der Waals surface area contributed by atoms with E-state index in [4.69, 9.17) is 9.47 Å². The first-order valence-corrected chi connectivity index (χ1v) is 10.3. The number of rotatable bonds is 6. The van der Waals surface area contributed by atoms with Crippen LogP contribution in [0.2, 0.25) is 0 Å². The molecule has 2 saturated heterocycles. The van der Waals surface area contributed by atoms with Crippen molar-refractivity contribution in [2.24, 2.45) is 0 Å². The number of hydrogen-bond donors (Lipinski definition) is 0. The Balaban J connectivity index is 1.39. The topological polar surface area (TPSA) is 62.3 Å². The van der Waals surface area contributed by atoms with Gasteiger partial charge in [-0.3, -0.25) is 14.5 Å². The zero-order valence-corrected chi connectivity index (χ0v) is 17.4. The van der Waals surface area contributed by atoms with Gasteiger partial charge in [0.1, 0.15) is 11.5 Å². The largest absolute Gasteiger partial charge is 0.497 e. The number of carbonyl (C=O) groups is 2. The Kier molecular flexibility index (Phi) is 5.90. The van der Waals surface area contributed by atoms with Crippen molar-refractivity contribution in [3.8, 4) is 11.5 Å². The summed E-state index contributed by atoms with van der Waals surface area (Å²) in [5.41, 5.74) is 1.74. The lowest BCUT2D eigenvalue weighted by atomic mass is 10.1. The fraction of sp³-hybridized carbons (Fsp3) is 0.391. The molecule has 0 radical (unpaired) electrons. The van der Waals surface area contributed by atoms with Gasteiger partial charge >= 0.3 is 0 Å². The Morgan fingerprint density at radius 2 is 1.47 bits per heavy atom. The van der Waals surface area contributed by atoms with Crippen molar-refractivity contribution in [1.29, 1.82) is 0 Å². The van der Waals surface area contributed by atoms with Gasteiger partial charge in [-0.2, -0.15) is 0 Å². The highest BCUT2D eigenvalue weighted by molar-refractivity contribution is 6.22. The first-order valence-electron chi connectivity index (χ1n) is 10.3. The van der Waals surface area contributed by atoms with Crippen molar-refractivity contribution in [2.45, 2.75) is 19.4 Å². The SMILES string of the molecule is CCOc1ccc(N2C(=O)CC(N3CCN(c4ccc(OC)cc4)CC3)C2=O)cc1. The van der Waals surface area contributed by atoms with Crippen LogP contribution in [0.1, 0.15) is 13.3 Å². The van der Waals surface area contributed by atoms with E-state index < -0.39 is 0 Å². The van der Waals surface area contributed by atoms with E-state index >= 15 is 0 Å². The molecule has 0 spiro atoms. The third-order valence-electron chi connectivity index (χ3n) is 5.72. The molecule has 2 aromatic carbocycles. The van der Waals surface area contributed by atoms with Crippen LogP contribution in [0.15, 0.2) is 48.5 Å². The highest BCUT2D eigenvalue weighted by Crippen LogP contribution is 2.28. The number of benzene rings is 2. The summed E-state index contributed by atoms with van der Waals surface area (Å²) in [6, 6.07) is 14.7. The average molecular weight is 409 g/mol. The van der Waals surface area contributed by atoms with Crippen molar-refractivity contribution in [3.05, 3.63) is 48.5 Å². The van der Waals surface area contributed by atoms with Crippen LogP contribution in [0.5, 0.6) is 11.5 Å². The van der Waals surface area contributed by atoms with Gasteiger partial charge in [0.15, 0.2) is 0 Å². The predicted molar refractivity (Wildman–Crippen MR) is 115 cm³/mol. The van der Waals surface area contributed by atoms with Crippen LogP contribution >= 0.6 is 0 Å². The van der Waals surface area contributed by atoms with E-state index in [0.29, 0.717) is 12.3 Å². The lowest BCUT2D eigenvalue weighted by Gasteiger charge is -2.38. The number of imide groups is 1. The molecule has 2 aliphatic heterocycles. The molecule has 7 nitrogen and oxygen atoms in total. The number of hydrogen-bond acceptors (Lipinski definition) is 6. The monoisotopic (exact) mass is 409 g/mol. The van der Waals surface area contributed by atoms with E-state index in [0.717, 1.165) is 43.4 Å². The molecular formula is C23H27N3O4. The van der Waals surface area contributed by atoms with E-state index in [-0.39, 0.29) is 24.3 Å². The molecule has 2 amide bonds. The minimum Gasteiger partial charge on any atom is -0.497 e. The first-order chi connectivity index (χ1) is 14.6. The fourth-order valence-corrected chi connectivity index (χ4v) is 4.12. The molecule has 158 valence electrons. The van der Waals surface area contributed by atoms with Crippen molar-refractivity contribution < 1.29 is 19.1 Å². The lowest BCUT2D eigenvalue weighted by molar-refractivity contribution is -0.123. The average Bonchev–Trinajstić information content (AvgIpc) is 3.09. The maximum atomic E-state index is 13.1. The van der Waals surface area contributed by atoms with Crippen molar-refractivity contribution in [3.63, 3.8) is 0 Å². The van der Waals surface area contributed by atoms with E-state index in [2.05, 4.69) is 9.80 Å². The Hall–Kier alpha value is -3.06. The highest BCUT2D eigenvalue weighted by Gasteiger charge is 2.43. The van der Waals surface area contributed by atoms with E-state index in [9.17, 15) is 9.59 Å². The molecular weight excluding hydrogens is 382 g/mol. The zero-order valence-electron chi connectivity index (χ0n) is 17.4. The predicted octanol–water partition coefficient (Wildman–Crippen LogP) is 2.55. The first kappa shape index (κ1) is 20.2. The van der Waals surface area contributed by atoms with Crippen LogP contribution in [-0.4, -0.2) is 62.7 Å². The second-order valence-corrected chi connectivity index (χ2v) is 7.44. The number of piperazine rings is 1. The molecule has 2 aromatic rings. The molecule has 30 heavy (non-hydrogen) atoms. The van der Waals surface area contributed by atoms with Gasteiger partial charge in [-0.1, -0.05) is 0 Å². The van der Waals surface area contributed by atoms with Gasteiger partial charge in [0.05, 0.1) is 31.9 Å². The van der Waals surface area contributed by atoms with Crippen LogP contribution in [0.3, 0.4) is 0 Å². The number of anilines is 2. The van der Waals surface area contributed by atoms with Gasteiger partial charge in [-0.25, -0.2) is 4.90 Å². The maximum Gasteiger partial charge on any atom is 0.251 e. The maximum absolute atomic E-state index is 13.1. The van der Waals surface area contributed by atoms with Gasteiger partial charge < -0.3 is 14.4 Å². The number of carbonyl (C=O) groups excluding carboxylic acids is 2. The summed E-state index contributed by atoms with van der Waals surface area (Å²) in [6.07, 6.45) is 0.231. The van der Waals surface area contributed by atoms with Crippen molar-refractivity contribution in [2.75, 3.05) is 49.7 Å². The van der Waals surface area contributed by atoms with Crippen LogP contribution < -0.4 is 19.3 Å². The highest BCUT2D eigenvalue weighted by atomic mass is 16.5. The number of amides is 2. The number of ether oxygens (including phenoxy) is 2. The van der Waals surface area contributed by atoms with Crippen LogP contribution in [0.4, 0.5) is 11.4 Å². The molecule has 0 N–H and O–H groups in total. The second kappa shape index (κ2) is 8.75. The van der Waals surface area contributed by atoms with Gasteiger partial charge in [-0.15, -0.1) is 0 Å². The Labute approximate surface area is 176 Å². The molecule has 1 atom stereocenters. The van der Waals surface area contributed by atoms with Gasteiger partial charge in [0, 0.05) is 31.9 Å². The van der Waals surface area contributed by atoms with E-state index in [1.807, 2.05) is 31.2 Å². The third kappa shape index (κ3) is 3.98. The molecule has 0 bridgehead atoms. The second-order valence-electron chi connectivity index (χ2n) is 7.44. The molecule has 0 aliphatic carbocycles. The summed E-state index contributed by atoms with van der Waals surface area (Å²) in [5.74, 6) is 1.28. The lowest BCUT2D eigenvalue weighted by Crippen LogP contribution is -2.52. The molecule has 1 unspecified atom stereocenters. The van der Waals surface area contributed by atoms with Gasteiger partial charge in [0.2, 0.25) is 5.91 Å². The smallest absolute Gasteiger partial charge is 0.251 e. The van der Waals surface area contributed by atoms with Gasteiger partial charge in [0.25, 0.3) is 5.91 Å². The third-order valence-corrected chi connectivity index (χ3v) is 5.72. The number of nitrogens with zero attached hydrogens (tertiary/aromatic N) is 3. The molecule has 0 saturated carbocycles. The molecule has 2 aliphatic rings. The van der Waals surface area contributed by atoms with Crippen LogP contribution in [0, 0.1) is 0 Å². The minimum absolute atomic E-state index is 0.137. The molecule has 2 heterocycles. The molecule has 4 rings (SSSR count). The summed E-state index contributed by atoms with van der Waals surface area (Å²) < 4.78 is 10.7. The summed E-state index contributed by atoms with van der Waals surface area (Å²) in [5, 5.41) is 0. The summed E-state index contributed by atoms with van der Waals surface area (Å²) >= 11 is 0. The summed E-state index contributed by atoms with van der Waals surface area (Å²) in [4.78, 5) is 31.4. The van der Waals surface area contributed by atoms with E-state index in [1.165, 1.54) is 4.90 Å². The Bertz CT molecular complexity index is 890. The van der Waals surface area contributed by atoms with Crippen molar-refractivity contribution >= 4 is 23.2 Å². The van der Waals surface area contributed by atoms with Crippen molar-refractivity contribution in [1.82, 2.24) is 4.90 Å². The van der Waals surface area contributed by atoms with Crippen LogP contribution in [0.25, 0.3) is 0 Å². The minimum atomic E-state index is -0.387. The Morgan fingerprint density at radius 3 is 2.07 bits per heavy atom. The zero-order chi connectivity index (χ0) is 21.1. The quantitative estimate of drug-likeness (QED) is 0.684. The normalized spacial score (nSPS) is 20.0. The summed E-state index contributed by atoms with van der Waals surface area (Å²) in [6.45, 7) is 5.60.